The minimum Gasteiger partial charge on any atom is -0.372 e. The third-order valence-corrected chi connectivity index (χ3v) is 5.04. The molecule has 162 valence electrons. The van der Waals surface area contributed by atoms with Gasteiger partial charge in [-0.3, -0.25) is 4.79 Å². The molecule has 4 aromatic rings. The van der Waals surface area contributed by atoms with E-state index in [0.29, 0.717) is 5.92 Å². The van der Waals surface area contributed by atoms with Crippen LogP contribution in [-0.4, -0.2) is 30.6 Å². The number of primary amides is 1. The molecule has 2 N–H and O–H groups in total. The van der Waals surface area contributed by atoms with Gasteiger partial charge in [0.1, 0.15) is 11.5 Å². The van der Waals surface area contributed by atoms with Crippen LogP contribution in [0, 0.1) is 18.7 Å². The number of amides is 1. The minimum absolute atomic E-state index is 0.0778. The predicted octanol–water partition coefficient (Wildman–Crippen LogP) is 4.51. The second-order valence-corrected chi connectivity index (χ2v) is 7.88. The highest BCUT2D eigenvalue weighted by Gasteiger charge is 2.18. The largest absolute Gasteiger partial charge is 0.372 e. The lowest BCUT2D eigenvalue weighted by Gasteiger charge is -2.12. The number of halogens is 2. The number of nitrogens with two attached hydrogens (primary N) is 1. The number of aromatic nitrogens is 5. The van der Waals surface area contributed by atoms with Gasteiger partial charge in [-0.25, -0.2) is 18.9 Å². The van der Waals surface area contributed by atoms with Crippen LogP contribution in [-0.2, 0) is 11.3 Å². The molecule has 1 aromatic carbocycles. The standard InChI is InChI=1S/C21H21ClFN5.CH3NO/c1-13(2)8-9-27-12-25-20(15-4-5-17(23)16(22)10-15)21(27)18-6-7-19-24-11-14(3)28(19)26-18;2-1-3/h4-7,10-13H,8-9H2,1-3H3;1H,(H2,2,3). The van der Waals surface area contributed by atoms with Crippen LogP contribution in [0.3, 0.4) is 0 Å². The Kier molecular flexibility index (Phi) is 7.02. The second kappa shape index (κ2) is 9.70. The van der Waals surface area contributed by atoms with Crippen LogP contribution in [0.15, 0.2) is 42.9 Å². The molecule has 0 unspecified atom stereocenters. The number of nitrogens with zero attached hydrogens (tertiary/aromatic N) is 5. The molecule has 9 heteroatoms. The fourth-order valence-electron chi connectivity index (χ4n) is 3.19. The van der Waals surface area contributed by atoms with Crippen molar-refractivity contribution in [3.8, 4) is 22.6 Å². The molecule has 0 aliphatic carbocycles. The third-order valence-electron chi connectivity index (χ3n) is 4.75. The summed E-state index contributed by atoms with van der Waals surface area (Å²) in [5.74, 6) is 0.116. The van der Waals surface area contributed by atoms with Gasteiger partial charge in [-0.2, -0.15) is 5.10 Å². The van der Waals surface area contributed by atoms with E-state index >= 15 is 0 Å². The molecule has 31 heavy (non-hydrogen) atoms. The number of hydrogen-bond acceptors (Lipinski definition) is 4. The summed E-state index contributed by atoms with van der Waals surface area (Å²) in [6, 6.07) is 8.55. The van der Waals surface area contributed by atoms with Gasteiger partial charge in [-0.1, -0.05) is 25.4 Å². The van der Waals surface area contributed by atoms with Gasteiger partial charge in [-0.15, -0.1) is 0 Å². The number of carbonyl (C=O) groups excluding carboxylic acids is 1. The first-order valence-corrected chi connectivity index (χ1v) is 10.2. The zero-order valence-electron chi connectivity index (χ0n) is 17.6. The van der Waals surface area contributed by atoms with Gasteiger partial charge in [-0.05, 0) is 49.6 Å². The summed E-state index contributed by atoms with van der Waals surface area (Å²) in [5.41, 5.74) is 9.07. The molecule has 0 radical (unpaired) electrons. The number of carbonyl (C=O) groups is 1. The molecule has 0 bridgehead atoms. The van der Waals surface area contributed by atoms with Crippen molar-refractivity contribution in [2.24, 2.45) is 11.7 Å². The topological polar surface area (TPSA) is 91.1 Å². The summed E-state index contributed by atoms with van der Waals surface area (Å²) in [5, 5.41) is 4.86. The van der Waals surface area contributed by atoms with E-state index in [1.165, 1.54) is 6.07 Å². The van der Waals surface area contributed by atoms with Crippen LogP contribution in [0.2, 0.25) is 5.02 Å². The molecule has 0 aliphatic rings. The number of benzene rings is 1. The quantitative estimate of drug-likeness (QED) is 0.460. The van der Waals surface area contributed by atoms with Crippen molar-refractivity contribution >= 4 is 23.7 Å². The Balaban J connectivity index is 0.000000858. The van der Waals surface area contributed by atoms with Crippen molar-refractivity contribution < 1.29 is 9.18 Å². The Morgan fingerprint density at radius 2 is 1.97 bits per heavy atom. The first-order chi connectivity index (χ1) is 14.8. The van der Waals surface area contributed by atoms with E-state index in [2.05, 4.69) is 34.1 Å². The van der Waals surface area contributed by atoms with Crippen LogP contribution in [0.1, 0.15) is 26.0 Å². The smallest absolute Gasteiger partial charge is 0.204 e. The van der Waals surface area contributed by atoms with E-state index in [9.17, 15) is 4.39 Å². The highest BCUT2D eigenvalue weighted by atomic mass is 35.5. The molecule has 1 amide bonds. The predicted molar refractivity (Wildman–Crippen MR) is 119 cm³/mol. The molecule has 0 spiro atoms. The first kappa shape index (κ1) is 22.4. The Morgan fingerprint density at radius 3 is 2.65 bits per heavy atom. The van der Waals surface area contributed by atoms with E-state index < -0.39 is 5.82 Å². The molecule has 0 saturated carbocycles. The number of imidazole rings is 2. The molecule has 7 nitrogen and oxygen atoms in total. The fraction of sp³-hybridized carbons (Fsp3) is 0.273. The normalized spacial score (nSPS) is 10.9. The Morgan fingerprint density at radius 1 is 1.23 bits per heavy atom. The summed E-state index contributed by atoms with van der Waals surface area (Å²) in [6.45, 7) is 7.16. The molecule has 0 fully saturated rings. The molecule has 3 heterocycles. The van der Waals surface area contributed by atoms with Crippen molar-refractivity contribution in [1.82, 2.24) is 24.1 Å². The summed E-state index contributed by atoms with van der Waals surface area (Å²) in [7, 11) is 0. The van der Waals surface area contributed by atoms with E-state index in [-0.39, 0.29) is 11.4 Å². The van der Waals surface area contributed by atoms with E-state index in [4.69, 9.17) is 21.5 Å². The maximum absolute atomic E-state index is 13.7. The zero-order chi connectivity index (χ0) is 22.5. The lowest BCUT2D eigenvalue weighted by Crippen LogP contribution is -2.05. The minimum atomic E-state index is -0.445. The van der Waals surface area contributed by atoms with E-state index in [1.807, 2.05) is 29.9 Å². The van der Waals surface area contributed by atoms with Gasteiger partial charge in [0, 0.05) is 12.1 Å². The SMILES string of the molecule is Cc1cnc2ccc(-c3c(-c4ccc(F)c(Cl)c4)ncn3CCC(C)C)nn12.NC=O. The van der Waals surface area contributed by atoms with Crippen molar-refractivity contribution in [2.45, 2.75) is 33.7 Å². The van der Waals surface area contributed by atoms with Crippen molar-refractivity contribution in [1.29, 1.82) is 0 Å². The van der Waals surface area contributed by atoms with Gasteiger partial charge in [0.25, 0.3) is 0 Å². The Labute approximate surface area is 184 Å². The molecule has 0 atom stereocenters. The number of hydrogen-bond donors (Lipinski definition) is 1. The lowest BCUT2D eigenvalue weighted by molar-refractivity contribution is -0.106. The third kappa shape index (κ3) is 4.91. The summed E-state index contributed by atoms with van der Waals surface area (Å²) >= 11 is 6.02. The van der Waals surface area contributed by atoms with Crippen molar-refractivity contribution in [3.05, 3.63) is 59.4 Å². The summed E-state index contributed by atoms with van der Waals surface area (Å²) in [6.07, 6.45) is 4.87. The lowest BCUT2D eigenvalue weighted by atomic mass is 10.1. The van der Waals surface area contributed by atoms with Crippen molar-refractivity contribution in [3.63, 3.8) is 0 Å². The molecular formula is C22H24ClFN6O. The fourth-order valence-corrected chi connectivity index (χ4v) is 3.37. The zero-order valence-corrected chi connectivity index (χ0v) is 18.3. The van der Waals surface area contributed by atoms with Gasteiger partial charge < -0.3 is 10.3 Å². The van der Waals surface area contributed by atoms with Gasteiger partial charge in [0.15, 0.2) is 5.65 Å². The van der Waals surface area contributed by atoms with Gasteiger partial charge in [0.2, 0.25) is 6.41 Å². The summed E-state index contributed by atoms with van der Waals surface area (Å²) in [4.78, 5) is 17.5. The van der Waals surface area contributed by atoms with E-state index in [1.54, 1.807) is 18.3 Å². The monoisotopic (exact) mass is 442 g/mol. The Bertz CT molecular complexity index is 1200. The van der Waals surface area contributed by atoms with Crippen LogP contribution in [0.25, 0.3) is 28.3 Å². The number of rotatable bonds is 5. The number of aryl methyl sites for hydroxylation is 2. The average molecular weight is 443 g/mol. The van der Waals surface area contributed by atoms with Crippen LogP contribution >= 0.6 is 11.6 Å². The molecule has 0 aliphatic heterocycles. The first-order valence-electron chi connectivity index (χ1n) is 9.83. The van der Waals surface area contributed by atoms with Crippen LogP contribution < -0.4 is 5.73 Å². The molecule has 3 aromatic heterocycles. The Hall–Kier alpha value is -3.26. The molecule has 4 rings (SSSR count). The number of fused-ring (bicyclic) bond motifs is 1. The van der Waals surface area contributed by atoms with Gasteiger partial charge >= 0.3 is 0 Å². The second-order valence-electron chi connectivity index (χ2n) is 7.47. The molecule has 0 saturated heterocycles. The average Bonchev–Trinajstić information content (AvgIpc) is 3.32. The maximum atomic E-state index is 13.7. The van der Waals surface area contributed by atoms with E-state index in [0.717, 1.165) is 47.0 Å². The van der Waals surface area contributed by atoms with Crippen molar-refractivity contribution in [2.75, 3.05) is 0 Å². The maximum Gasteiger partial charge on any atom is 0.204 e. The summed E-state index contributed by atoms with van der Waals surface area (Å²) < 4.78 is 17.6. The van der Waals surface area contributed by atoms with Crippen LogP contribution in [0.4, 0.5) is 4.39 Å². The van der Waals surface area contributed by atoms with Gasteiger partial charge in [0.05, 0.1) is 34.6 Å². The highest BCUT2D eigenvalue weighted by molar-refractivity contribution is 6.31. The van der Waals surface area contributed by atoms with Crippen LogP contribution in [0.5, 0.6) is 0 Å². The molecular weight excluding hydrogens is 419 g/mol. The highest BCUT2D eigenvalue weighted by Crippen LogP contribution is 2.32.